The molecule has 1 aromatic carbocycles. The van der Waals surface area contributed by atoms with Gasteiger partial charge in [-0.05, 0) is 12.1 Å². The minimum absolute atomic E-state index is 0.459. The van der Waals surface area contributed by atoms with E-state index in [1.54, 1.807) is 17.8 Å². The second-order valence-corrected chi connectivity index (χ2v) is 2.47. The van der Waals surface area contributed by atoms with Gasteiger partial charge >= 0.3 is 0 Å². The van der Waals surface area contributed by atoms with Crippen molar-refractivity contribution >= 4 is 16.6 Å². The summed E-state index contributed by atoms with van der Waals surface area (Å²) in [7, 11) is 0. The van der Waals surface area contributed by atoms with Crippen LogP contribution in [0.5, 0.6) is 0 Å². The van der Waals surface area contributed by atoms with Crippen LogP contribution in [-0.4, -0.2) is 4.98 Å². The minimum Gasteiger partial charge on any atom is -0.256 e. The molecular weight excluding hydrogens is 155 g/mol. The average Bonchev–Trinajstić information content (AvgIpc) is 2.17. The van der Waals surface area contributed by atoms with Crippen LogP contribution in [-0.2, 0) is 0 Å². The van der Waals surface area contributed by atoms with Gasteiger partial charge in [-0.15, -0.1) is 4.48 Å². The molecule has 0 unspecified atom stereocenters. The van der Waals surface area contributed by atoms with Gasteiger partial charge in [0.1, 0.15) is 0 Å². The summed E-state index contributed by atoms with van der Waals surface area (Å²) in [6.45, 7) is 0. The summed E-state index contributed by atoms with van der Waals surface area (Å²) in [5, 5.41) is 0.794. The first kappa shape index (κ1) is 7.03. The molecule has 2 rings (SSSR count). The van der Waals surface area contributed by atoms with Crippen molar-refractivity contribution in [3.05, 3.63) is 36.5 Å². The van der Waals surface area contributed by atoms with Crippen LogP contribution in [0.4, 0.5) is 10.2 Å². The van der Waals surface area contributed by atoms with Gasteiger partial charge in [0.2, 0.25) is 0 Å². The molecule has 0 aliphatic carbocycles. The van der Waals surface area contributed by atoms with E-state index in [2.05, 4.69) is 4.98 Å². The van der Waals surface area contributed by atoms with Crippen molar-refractivity contribution in [2.75, 3.05) is 5.54 Å². The van der Waals surface area contributed by atoms with Crippen molar-refractivity contribution in [1.29, 1.82) is 0 Å². The maximum Gasteiger partial charge on any atom is 0.0765 e. The number of hydrogen-bond acceptors (Lipinski definition) is 2. The minimum atomic E-state index is 0.459. The number of anilines is 1. The van der Waals surface area contributed by atoms with Gasteiger partial charge in [-0.1, -0.05) is 18.2 Å². The van der Waals surface area contributed by atoms with Gasteiger partial charge in [0.15, 0.2) is 0 Å². The van der Waals surface area contributed by atoms with E-state index in [4.69, 9.17) is 0 Å². The van der Waals surface area contributed by atoms with Crippen LogP contribution in [0.1, 0.15) is 0 Å². The molecule has 0 fully saturated rings. The number of rotatable bonds is 1. The number of benzene rings is 1. The second kappa shape index (κ2) is 2.77. The van der Waals surface area contributed by atoms with Crippen LogP contribution >= 0.6 is 0 Å². The maximum atomic E-state index is 12.2. The van der Waals surface area contributed by atoms with Crippen LogP contribution in [0.25, 0.3) is 10.9 Å². The lowest BCUT2D eigenvalue weighted by molar-refractivity contribution is 0.619. The SMILES string of the molecule is FNc1ccnc2ccccc12. The predicted molar refractivity (Wildman–Crippen MR) is 46.5 cm³/mol. The third kappa shape index (κ3) is 0.993. The molecule has 0 aliphatic rings. The highest BCUT2D eigenvalue weighted by atomic mass is 19.2. The summed E-state index contributed by atoms with van der Waals surface area (Å²) >= 11 is 0. The van der Waals surface area contributed by atoms with Crippen molar-refractivity contribution in [2.45, 2.75) is 0 Å². The Morgan fingerprint density at radius 1 is 1.17 bits per heavy atom. The molecule has 1 N–H and O–H groups in total. The Bertz CT molecular complexity index is 395. The number of halogens is 1. The van der Waals surface area contributed by atoms with Gasteiger partial charge < -0.3 is 0 Å². The molecule has 0 spiro atoms. The molecule has 0 atom stereocenters. The summed E-state index contributed by atoms with van der Waals surface area (Å²) in [4.78, 5) is 4.08. The molecule has 0 radical (unpaired) electrons. The Labute approximate surface area is 69.0 Å². The number of hydrogen-bond donors (Lipinski definition) is 1. The largest absolute Gasteiger partial charge is 0.256 e. The molecular formula is C9H7FN2. The van der Waals surface area contributed by atoms with Crippen LogP contribution in [0.2, 0.25) is 0 Å². The lowest BCUT2D eigenvalue weighted by Gasteiger charge is -2.00. The van der Waals surface area contributed by atoms with Crippen molar-refractivity contribution in [3.8, 4) is 0 Å². The Hall–Kier alpha value is -1.64. The third-order valence-corrected chi connectivity index (χ3v) is 1.75. The molecule has 60 valence electrons. The Morgan fingerprint density at radius 3 is 2.83 bits per heavy atom. The second-order valence-electron chi connectivity index (χ2n) is 2.47. The van der Waals surface area contributed by atoms with Crippen molar-refractivity contribution in [3.63, 3.8) is 0 Å². The highest BCUT2D eigenvalue weighted by molar-refractivity contribution is 5.90. The van der Waals surface area contributed by atoms with E-state index in [1.807, 2.05) is 24.3 Å². The molecule has 2 nitrogen and oxygen atoms in total. The first-order chi connectivity index (χ1) is 5.92. The number of aromatic nitrogens is 1. The highest BCUT2D eigenvalue weighted by Gasteiger charge is 1.98. The first-order valence-electron chi connectivity index (χ1n) is 3.62. The number of fused-ring (bicyclic) bond motifs is 1. The quantitative estimate of drug-likeness (QED) is 0.652. The zero-order valence-electron chi connectivity index (χ0n) is 6.29. The maximum absolute atomic E-state index is 12.2. The Morgan fingerprint density at radius 2 is 2.00 bits per heavy atom. The van der Waals surface area contributed by atoms with E-state index in [0.717, 1.165) is 10.9 Å². The molecule has 2 aromatic rings. The lowest BCUT2D eigenvalue weighted by atomic mass is 10.2. The lowest BCUT2D eigenvalue weighted by Crippen LogP contribution is -1.85. The zero-order chi connectivity index (χ0) is 8.39. The van der Waals surface area contributed by atoms with Crippen LogP contribution in [0.15, 0.2) is 36.5 Å². The molecule has 1 aromatic heterocycles. The number of nitrogens with one attached hydrogen (secondary N) is 1. The van der Waals surface area contributed by atoms with Crippen molar-refractivity contribution in [1.82, 2.24) is 4.98 Å². The molecule has 0 saturated heterocycles. The molecule has 0 bridgehead atoms. The standard InChI is InChI=1S/C9H7FN2/c10-12-9-5-6-11-8-4-2-1-3-7(8)9/h1-6H,(H,11,12). The third-order valence-electron chi connectivity index (χ3n) is 1.75. The van der Waals surface area contributed by atoms with Gasteiger partial charge in [-0.2, -0.15) is 0 Å². The smallest absolute Gasteiger partial charge is 0.0765 e. The van der Waals surface area contributed by atoms with Gasteiger partial charge in [0, 0.05) is 11.6 Å². The van der Waals surface area contributed by atoms with E-state index in [1.165, 1.54) is 0 Å². The summed E-state index contributed by atoms with van der Waals surface area (Å²) in [6.07, 6.45) is 1.57. The fraction of sp³-hybridized carbons (Fsp3) is 0. The average molecular weight is 162 g/mol. The number of para-hydroxylation sites is 1. The van der Waals surface area contributed by atoms with Crippen LogP contribution < -0.4 is 5.54 Å². The van der Waals surface area contributed by atoms with Gasteiger partial charge in [-0.25, -0.2) is 5.54 Å². The molecule has 0 amide bonds. The van der Waals surface area contributed by atoms with Crippen molar-refractivity contribution < 1.29 is 4.48 Å². The number of nitrogens with zero attached hydrogens (tertiary/aromatic N) is 1. The molecule has 0 aliphatic heterocycles. The Balaban J connectivity index is 2.79. The van der Waals surface area contributed by atoms with Gasteiger partial charge in [-0.3, -0.25) is 4.98 Å². The van der Waals surface area contributed by atoms with Crippen molar-refractivity contribution in [2.24, 2.45) is 0 Å². The summed E-state index contributed by atoms with van der Waals surface area (Å²) in [6, 6.07) is 8.99. The number of pyridine rings is 1. The van der Waals surface area contributed by atoms with E-state index in [0.29, 0.717) is 5.69 Å². The molecule has 12 heavy (non-hydrogen) atoms. The normalized spacial score (nSPS) is 10.1. The fourth-order valence-electron chi connectivity index (χ4n) is 1.18. The highest BCUT2D eigenvalue weighted by Crippen LogP contribution is 2.20. The molecule has 3 heteroatoms. The van der Waals surface area contributed by atoms with E-state index in [-0.39, 0.29) is 0 Å². The van der Waals surface area contributed by atoms with E-state index >= 15 is 0 Å². The first-order valence-corrected chi connectivity index (χ1v) is 3.62. The van der Waals surface area contributed by atoms with Crippen LogP contribution in [0, 0.1) is 0 Å². The van der Waals surface area contributed by atoms with Crippen LogP contribution in [0.3, 0.4) is 0 Å². The molecule has 0 saturated carbocycles. The topological polar surface area (TPSA) is 24.9 Å². The monoisotopic (exact) mass is 162 g/mol. The summed E-state index contributed by atoms with van der Waals surface area (Å²) in [5.41, 5.74) is 2.88. The Kier molecular flexibility index (Phi) is 1.63. The van der Waals surface area contributed by atoms with E-state index < -0.39 is 0 Å². The summed E-state index contributed by atoms with van der Waals surface area (Å²) in [5.74, 6) is 0. The zero-order valence-corrected chi connectivity index (χ0v) is 6.29. The predicted octanol–water partition coefficient (Wildman–Crippen LogP) is 2.53. The van der Waals surface area contributed by atoms with Gasteiger partial charge in [0.05, 0.1) is 11.2 Å². The van der Waals surface area contributed by atoms with Gasteiger partial charge in [0.25, 0.3) is 0 Å². The summed E-state index contributed by atoms with van der Waals surface area (Å²) < 4.78 is 12.2. The van der Waals surface area contributed by atoms with E-state index in [9.17, 15) is 4.48 Å². The molecule has 1 heterocycles. The fourth-order valence-corrected chi connectivity index (χ4v) is 1.18.